The minimum Gasteiger partial charge on any atom is -0.491 e. The van der Waals surface area contributed by atoms with E-state index in [2.05, 4.69) is 133 Å². The van der Waals surface area contributed by atoms with Crippen molar-refractivity contribution in [3.8, 4) is 33.8 Å². The molecule has 0 fully saturated rings. The van der Waals surface area contributed by atoms with E-state index in [1.807, 2.05) is 24.3 Å². The van der Waals surface area contributed by atoms with E-state index in [-0.39, 0.29) is 26.4 Å². The molecule has 0 aliphatic heterocycles. The van der Waals surface area contributed by atoms with Crippen LogP contribution >= 0.6 is 0 Å². The van der Waals surface area contributed by atoms with Crippen LogP contribution in [0.3, 0.4) is 0 Å². The smallest absolute Gasteiger partial charge is 0.120 e. The van der Waals surface area contributed by atoms with Gasteiger partial charge in [-0.25, -0.2) is 0 Å². The third kappa shape index (κ3) is 5.23. The Hall–Kier alpha value is -5.94. The summed E-state index contributed by atoms with van der Waals surface area (Å²) in [6.07, 6.45) is 0. The predicted octanol–water partition coefficient (Wildman–Crippen LogP) is 9.92. The summed E-state index contributed by atoms with van der Waals surface area (Å²) < 4.78 is 11.5. The van der Waals surface area contributed by atoms with Gasteiger partial charge in [0.05, 0.1) is 18.6 Å². The number of hydrogen-bond donors (Lipinski definition) is 2. The second-order valence-electron chi connectivity index (χ2n) is 13.2. The van der Waals surface area contributed by atoms with Gasteiger partial charge in [0.1, 0.15) is 24.7 Å². The lowest BCUT2D eigenvalue weighted by Gasteiger charge is -2.34. The molecule has 0 bridgehead atoms. The van der Waals surface area contributed by atoms with Crippen LogP contribution in [0.2, 0.25) is 0 Å². The second kappa shape index (κ2) is 12.7. The summed E-state index contributed by atoms with van der Waals surface area (Å²) in [5, 5.41) is 25.5. The standard InChI is InChI=1S/C47H36O4/c48-21-23-50-41-18-13-34-26-39(16-11-36(34)28-41)47(40-17-12-37-29-42(51-24-22-49)19-14-35(37)27-40)45-8-4-3-7-43(45)44-20-15-38(30-46(44)47)33-10-9-31-5-1-2-6-32(31)25-33/h1-20,25-30,48-49H,21-24H2. The largest absolute Gasteiger partial charge is 0.491 e. The molecule has 1 aliphatic rings. The van der Waals surface area contributed by atoms with Crippen LogP contribution in [0, 0.1) is 0 Å². The number of fused-ring (bicyclic) bond motifs is 6. The van der Waals surface area contributed by atoms with E-state index in [1.165, 1.54) is 55.3 Å². The van der Waals surface area contributed by atoms with E-state index >= 15 is 0 Å². The minimum absolute atomic E-state index is 0.0255. The Kier molecular flexibility index (Phi) is 7.76. The molecule has 4 nitrogen and oxygen atoms in total. The predicted molar refractivity (Wildman–Crippen MR) is 207 cm³/mol. The quantitative estimate of drug-likeness (QED) is 0.161. The topological polar surface area (TPSA) is 58.9 Å². The van der Waals surface area contributed by atoms with Crippen LogP contribution in [0.25, 0.3) is 54.6 Å². The first-order valence-electron chi connectivity index (χ1n) is 17.5. The van der Waals surface area contributed by atoms with Crippen molar-refractivity contribution >= 4 is 32.3 Å². The normalized spacial score (nSPS) is 13.0. The lowest BCUT2D eigenvalue weighted by molar-refractivity contribution is 0.201. The first-order valence-corrected chi connectivity index (χ1v) is 17.5. The summed E-state index contributed by atoms with van der Waals surface area (Å²) in [6, 6.07) is 56.9. The Morgan fingerprint density at radius 3 is 1.55 bits per heavy atom. The van der Waals surface area contributed by atoms with Crippen molar-refractivity contribution in [2.75, 3.05) is 26.4 Å². The molecule has 0 saturated heterocycles. The van der Waals surface area contributed by atoms with E-state index in [9.17, 15) is 10.2 Å². The van der Waals surface area contributed by atoms with Crippen molar-refractivity contribution in [1.29, 1.82) is 0 Å². The van der Waals surface area contributed by atoms with Gasteiger partial charge >= 0.3 is 0 Å². The fourth-order valence-electron chi connectivity index (χ4n) is 8.04. The van der Waals surface area contributed by atoms with Gasteiger partial charge in [-0.2, -0.15) is 0 Å². The van der Waals surface area contributed by atoms with Gasteiger partial charge in [0.2, 0.25) is 0 Å². The molecule has 2 N–H and O–H groups in total. The molecule has 0 spiro atoms. The molecule has 4 heteroatoms. The van der Waals surface area contributed by atoms with Crippen LogP contribution in [0.1, 0.15) is 22.3 Å². The van der Waals surface area contributed by atoms with Gasteiger partial charge in [-0.15, -0.1) is 0 Å². The van der Waals surface area contributed by atoms with E-state index < -0.39 is 5.41 Å². The average Bonchev–Trinajstić information content (AvgIpc) is 3.49. The van der Waals surface area contributed by atoms with Crippen LogP contribution < -0.4 is 9.47 Å². The summed E-state index contributed by atoms with van der Waals surface area (Å²) in [6.45, 7) is 0.470. The zero-order valence-electron chi connectivity index (χ0n) is 28.1. The summed E-state index contributed by atoms with van der Waals surface area (Å²) in [5.74, 6) is 1.49. The highest BCUT2D eigenvalue weighted by Gasteiger charge is 2.46. The third-order valence-electron chi connectivity index (χ3n) is 10.3. The van der Waals surface area contributed by atoms with E-state index in [4.69, 9.17) is 9.47 Å². The number of aliphatic hydroxyl groups is 2. The first kappa shape index (κ1) is 31.1. The van der Waals surface area contributed by atoms with Crippen LogP contribution in [0.5, 0.6) is 11.5 Å². The molecule has 0 amide bonds. The number of benzene rings is 8. The molecule has 8 aromatic rings. The first-order chi connectivity index (χ1) is 25.1. The van der Waals surface area contributed by atoms with Crippen molar-refractivity contribution < 1.29 is 19.7 Å². The van der Waals surface area contributed by atoms with Gasteiger partial charge in [-0.05, 0) is 125 Å². The summed E-state index contributed by atoms with van der Waals surface area (Å²) in [4.78, 5) is 0. The fourth-order valence-corrected chi connectivity index (χ4v) is 8.04. The Labute approximate surface area is 296 Å². The highest BCUT2D eigenvalue weighted by Crippen LogP contribution is 2.57. The Bertz CT molecular complexity index is 2490. The SMILES string of the molecule is OCCOc1ccc2cc(C3(c4ccc5cc(OCCO)ccc5c4)c4ccccc4-c4ccc(-c5ccc6ccccc6c5)cc43)ccc2c1. The lowest BCUT2D eigenvalue weighted by Crippen LogP contribution is -2.28. The maximum absolute atomic E-state index is 9.31. The maximum Gasteiger partial charge on any atom is 0.120 e. The van der Waals surface area contributed by atoms with Crippen molar-refractivity contribution in [3.05, 3.63) is 180 Å². The second-order valence-corrected chi connectivity index (χ2v) is 13.2. The molecule has 0 unspecified atom stereocenters. The fraction of sp³-hybridized carbons (Fsp3) is 0.106. The molecular weight excluding hydrogens is 629 g/mol. The van der Waals surface area contributed by atoms with Gasteiger partial charge in [0.25, 0.3) is 0 Å². The molecule has 0 radical (unpaired) electrons. The average molecular weight is 665 g/mol. The van der Waals surface area contributed by atoms with Crippen molar-refractivity contribution in [2.45, 2.75) is 5.41 Å². The molecule has 248 valence electrons. The van der Waals surface area contributed by atoms with E-state index in [1.54, 1.807) is 0 Å². The highest BCUT2D eigenvalue weighted by molar-refractivity contribution is 5.94. The molecule has 0 aromatic heterocycles. The molecular formula is C47H36O4. The van der Waals surface area contributed by atoms with Gasteiger partial charge in [0, 0.05) is 0 Å². The minimum atomic E-state index is -0.612. The molecule has 9 rings (SSSR count). The van der Waals surface area contributed by atoms with Crippen molar-refractivity contribution in [2.24, 2.45) is 0 Å². The van der Waals surface area contributed by atoms with Crippen LogP contribution in [0.4, 0.5) is 0 Å². The number of ether oxygens (including phenoxy) is 2. The lowest BCUT2D eigenvalue weighted by atomic mass is 9.67. The highest BCUT2D eigenvalue weighted by atomic mass is 16.5. The zero-order chi connectivity index (χ0) is 34.4. The van der Waals surface area contributed by atoms with Gasteiger partial charge in [-0.3, -0.25) is 0 Å². The van der Waals surface area contributed by atoms with E-state index in [0.717, 1.165) is 33.0 Å². The van der Waals surface area contributed by atoms with Crippen LogP contribution in [-0.2, 0) is 5.41 Å². The van der Waals surface area contributed by atoms with Crippen LogP contribution in [-0.4, -0.2) is 36.6 Å². The van der Waals surface area contributed by atoms with E-state index in [0.29, 0.717) is 0 Å². The number of aliphatic hydroxyl groups excluding tert-OH is 2. The number of hydrogen-bond acceptors (Lipinski definition) is 4. The Morgan fingerprint density at radius 2 is 0.882 bits per heavy atom. The summed E-state index contributed by atoms with van der Waals surface area (Å²) >= 11 is 0. The number of rotatable bonds is 9. The van der Waals surface area contributed by atoms with Gasteiger partial charge < -0.3 is 19.7 Å². The van der Waals surface area contributed by atoms with Crippen LogP contribution in [0.15, 0.2) is 158 Å². The molecule has 0 atom stereocenters. The summed E-state index contributed by atoms with van der Waals surface area (Å²) in [7, 11) is 0. The van der Waals surface area contributed by atoms with Gasteiger partial charge in [0.15, 0.2) is 0 Å². The molecule has 0 saturated carbocycles. The van der Waals surface area contributed by atoms with Gasteiger partial charge in [-0.1, -0.05) is 109 Å². The molecule has 0 heterocycles. The zero-order valence-corrected chi connectivity index (χ0v) is 28.1. The molecule has 8 aromatic carbocycles. The van der Waals surface area contributed by atoms with Crippen molar-refractivity contribution in [1.82, 2.24) is 0 Å². The molecule has 1 aliphatic carbocycles. The Morgan fingerprint density at radius 1 is 0.392 bits per heavy atom. The third-order valence-corrected chi connectivity index (χ3v) is 10.3. The monoisotopic (exact) mass is 664 g/mol. The molecule has 51 heavy (non-hydrogen) atoms. The Balaban J connectivity index is 1.30. The maximum atomic E-state index is 9.31. The summed E-state index contributed by atoms with van der Waals surface area (Å²) in [5.41, 5.74) is 9.08. The van der Waals surface area contributed by atoms with Crippen molar-refractivity contribution in [3.63, 3.8) is 0 Å².